The molecule has 2 heteroatoms. The van der Waals surface area contributed by atoms with Gasteiger partial charge >= 0.3 is 0 Å². The Morgan fingerprint density at radius 1 is 0.867 bits per heavy atom. The molecule has 0 saturated carbocycles. The lowest BCUT2D eigenvalue weighted by Gasteiger charge is -2.37. The highest BCUT2D eigenvalue weighted by Crippen LogP contribution is 2.13. The maximum atomic E-state index is 3.65. The summed E-state index contributed by atoms with van der Waals surface area (Å²) in [6.07, 6.45) is 1.58. The highest BCUT2D eigenvalue weighted by atomic mass is 15.2. The van der Waals surface area contributed by atoms with Gasteiger partial charge in [0, 0.05) is 11.1 Å². The molecular weight excluding hydrogens is 184 g/mol. The van der Waals surface area contributed by atoms with Crippen molar-refractivity contribution >= 4 is 0 Å². The molecule has 0 aliphatic carbocycles. The van der Waals surface area contributed by atoms with Crippen LogP contribution in [-0.2, 0) is 0 Å². The van der Waals surface area contributed by atoms with Crippen molar-refractivity contribution in [3.63, 3.8) is 0 Å². The first-order valence-corrected chi connectivity index (χ1v) is 6.10. The van der Waals surface area contributed by atoms with Crippen molar-refractivity contribution in [2.75, 3.05) is 0 Å². The van der Waals surface area contributed by atoms with Gasteiger partial charge in [-0.1, -0.05) is 20.3 Å². The largest absolute Gasteiger partial charge is 0.297 e. The van der Waals surface area contributed by atoms with E-state index in [1.807, 2.05) is 0 Å². The molecule has 2 N–H and O–H groups in total. The van der Waals surface area contributed by atoms with E-state index in [0.29, 0.717) is 12.1 Å². The summed E-state index contributed by atoms with van der Waals surface area (Å²) in [5.41, 5.74) is 0.318. The summed E-state index contributed by atoms with van der Waals surface area (Å²) < 4.78 is 0. The van der Waals surface area contributed by atoms with Crippen LogP contribution in [0.2, 0.25) is 0 Å². The molecule has 2 nitrogen and oxygen atoms in total. The Kier molecular flexibility index (Phi) is 5.28. The second-order valence-electron chi connectivity index (χ2n) is 6.65. The predicted molar refractivity (Wildman–Crippen MR) is 69.0 cm³/mol. The Hall–Kier alpha value is -0.0800. The Bertz CT molecular complexity index is 158. The van der Waals surface area contributed by atoms with E-state index >= 15 is 0 Å². The van der Waals surface area contributed by atoms with E-state index in [-0.39, 0.29) is 11.1 Å². The van der Waals surface area contributed by atoms with E-state index < -0.39 is 0 Å². The maximum absolute atomic E-state index is 3.65. The van der Waals surface area contributed by atoms with E-state index in [2.05, 4.69) is 66.0 Å². The van der Waals surface area contributed by atoms with Crippen molar-refractivity contribution in [2.24, 2.45) is 5.92 Å². The van der Waals surface area contributed by atoms with Crippen LogP contribution in [0.4, 0.5) is 0 Å². The maximum Gasteiger partial charge on any atom is 0.0605 e. The van der Waals surface area contributed by atoms with Gasteiger partial charge in [-0.3, -0.25) is 10.6 Å². The molecule has 0 saturated heterocycles. The Morgan fingerprint density at radius 2 is 1.20 bits per heavy atom. The molecule has 15 heavy (non-hydrogen) atoms. The van der Waals surface area contributed by atoms with Gasteiger partial charge in [-0.05, 0) is 47.5 Å². The average molecular weight is 214 g/mol. The minimum atomic E-state index is 0.159. The predicted octanol–water partition coefficient (Wildman–Crippen LogP) is 3.13. The minimum Gasteiger partial charge on any atom is -0.297 e. The number of hydrogen-bond donors (Lipinski definition) is 2. The van der Waals surface area contributed by atoms with Gasteiger partial charge < -0.3 is 0 Å². The van der Waals surface area contributed by atoms with Crippen molar-refractivity contribution in [1.29, 1.82) is 0 Å². The molecule has 0 aromatic heterocycles. The number of rotatable bonds is 4. The molecule has 0 radical (unpaired) electrons. The van der Waals surface area contributed by atoms with Crippen molar-refractivity contribution in [3.8, 4) is 0 Å². The van der Waals surface area contributed by atoms with E-state index in [0.717, 1.165) is 0 Å². The van der Waals surface area contributed by atoms with Crippen LogP contribution in [0.25, 0.3) is 0 Å². The molecular formula is C13H30N2. The Morgan fingerprint density at radius 3 is 1.40 bits per heavy atom. The molecule has 0 heterocycles. The number of hydrogen-bond acceptors (Lipinski definition) is 2. The van der Waals surface area contributed by atoms with E-state index in [1.165, 1.54) is 6.42 Å². The number of nitrogens with one attached hydrogen (secondary N) is 2. The van der Waals surface area contributed by atoms with Gasteiger partial charge in [-0.2, -0.15) is 0 Å². The Balaban J connectivity index is 4.46. The van der Waals surface area contributed by atoms with Crippen LogP contribution < -0.4 is 10.6 Å². The van der Waals surface area contributed by atoms with Gasteiger partial charge in [0.05, 0.1) is 6.17 Å². The second-order valence-corrected chi connectivity index (χ2v) is 6.65. The third kappa shape index (κ3) is 7.80. The first-order chi connectivity index (χ1) is 6.55. The summed E-state index contributed by atoms with van der Waals surface area (Å²) in [7, 11) is 0. The van der Waals surface area contributed by atoms with E-state index in [9.17, 15) is 0 Å². The quantitative estimate of drug-likeness (QED) is 0.703. The molecule has 1 unspecified atom stereocenters. The van der Waals surface area contributed by atoms with Crippen molar-refractivity contribution in [1.82, 2.24) is 10.6 Å². The molecule has 0 aliphatic heterocycles. The van der Waals surface area contributed by atoms with Crippen molar-refractivity contribution in [3.05, 3.63) is 0 Å². The lowest BCUT2D eigenvalue weighted by atomic mass is 9.98. The molecule has 92 valence electrons. The zero-order valence-electron chi connectivity index (χ0n) is 11.9. The molecule has 0 amide bonds. The van der Waals surface area contributed by atoms with Gasteiger partial charge in [0.2, 0.25) is 0 Å². The van der Waals surface area contributed by atoms with Crippen LogP contribution in [0.5, 0.6) is 0 Å². The molecule has 0 aliphatic rings. The Labute approximate surface area is 96.2 Å². The summed E-state index contributed by atoms with van der Waals surface area (Å²) >= 11 is 0. The monoisotopic (exact) mass is 214 g/mol. The lowest BCUT2D eigenvalue weighted by Crippen LogP contribution is -2.58. The van der Waals surface area contributed by atoms with Gasteiger partial charge in [0.25, 0.3) is 0 Å². The van der Waals surface area contributed by atoms with E-state index in [1.54, 1.807) is 0 Å². The minimum absolute atomic E-state index is 0.159. The molecule has 1 atom stereocenters. The average Bonchev–Trinajstić information content (AvgIpc) is 1.96. The fourth-order valence-corrected chi connectivity index (χ4v) is 1.49. The standard InChI is InChI=1S/C13H30N2/c1-9-10(2)11(14-12(3,4)5)15-13(6,7)8/h10-11,14-15H,9H2,1-8H3. The fourth-order valence-electron chi connectivity index (χ4n) is 1.49. The summed E-state index contributed by atoms with van der Waals surface area (Å²) in [6, 6.07) is 0. The molecule has 0 aromatic carbocycles. The lowest BCUT2D eigenvalue weighted by molar-refractivity contribution is 0.204. The molecule has 0 bridgehead atoms. The molecule has 0 aromatic rings. The van der Waals surface area contributed by atoms with Gasteiger partial charge in [0.1, 0.15) is 0 Å². The first-order valence-electron chi connectivity index (χ1n) is 6.10. The van der Waals surface area contributed by atoms with Crippen LogP contribution in [-0.4, -0.2) is 17.2 Å². The SMILES string of the molecule is CCC(C)C(NC(C)(C)C)NC(C)(C)C. The van der Waals surface area contributed by atoms with Crippen LogP contribution in [0.1, 0.15) is 61.8 Å². The fraction of sp³-hybridized carbons (Fsp3) is 1.00. The summed E-state index contributed by atoms with van der Waals surface area (Å²) in [5.74, 6) is 0.642. The van der Waals surface area contributed by atoms with Gasteiger partial charge in [-0.15, -0.1) is 0 Å². The van der Waals surface area contributed by atoms with Gasteiger partial charge in [0.15, 0.2) is 0 Å². The van der Waals surface area contributed by atoms with Gasteiger partial charge in [-0.25, -0.2) is 0 Å². The molecule has 0 rings (SSSR count). The van der Waals surface area contributed by atoms with Crippen molar-refractivity contribution < 1.29 is 0 Å². The molecule has 0 spiro atoms. The van der Waals surface area contributed by atoms with Crippen LogP contribution in [0.3, 0.4) is 0 Å². The summed E-state index contributed by atoms with van der Waals surface area (Å²) in [5, 5.41) is 7.30. The first kappa shape index (κ1) is 14.9. The van der Waals surface area contributed by atoms with Crippen LogP contribution in [0, 0.1) is 5.92 Å². The van der Waals surface area contributed by atoms with E-state index in [4.69, 9.17) is 0 Å². The summed E-state index contributed by atoms with van der Waals surface area (Å²) in [4.78, 5) is 0. The highest BCUT2D eigenvalue weighted by molar-refractivity contribution is 4.84. The van der Waals surface area contributed by atoms with Crippen LogP contribution in [0.15, 0.2) is 0 Å². The van der Waals surface area contributed by atoms with Crippen molar-refractivity contribution in [2.45, 2.75) is 79.1 Å². The second kappa shape index (κ2) is 5.31. The zero-order valence-corrected chi connectivity index (χ0v) is 11.9. The smallest absolute Gasteiger partial charge is 0.0605 e. The molecule has 0 fully saturated rings. The highest BCUT2D eigenvalue weighted by Gasteiger charge is 2.25. The zero-order chi connectivity index (χ0) is 12.3. The normalized spacial score (nSPS) is 15.8. The third-order valence-corrected chi connectivity index (χ3v) is 2.39. The third-order valence-electron chi connectivity index (χ3n) is 2.39. The topological polar surface area (TPSA) is 24.1 Å². The summed E-state index contributed by atoms with van der Waals surface area (Å²) in [6.45, 7) is 17.8. The van der Waals surface area contributed by atoms with Crippen LogP contribution >= 0.6 is 0 Å².